The molecule has 8 nitrogen and oxygen atoms in total. The molecule has 0 spiro atoms. The third-order valence-electron chi connectivity index (χ3n) is 7.02. The number of aryl methyl sites for hydroxylation is 2. The Balaban J connectivity index is 1.39. The smallest absolute Gasteiger partial charge is 0.308 e. The Bertz CT molecular complexity index is 1650. The highest BCUT2D eigenvalue weighted by atomic mass is 32.2. The lowest BCUT2D eigenvalue weighted by Crippen LogP contribution is -2.33. The van der Waals surface area contributed by atoms with E-state index in [-0.39, 0.29) is 29.1 Å². The average molecular weight is 557 g/mol. The maximum absolute atomic E-state index is 13.9. The van der Waals surface area contributed by atoms with Gasteiger partial charge in [0.15, 0.2) is 0 Å². The summed E-state index contributed by atoms with van der Waals surface area (Å²) in [6.45, 7) is 3.70. The maximum Gasteiger partial charge on any atom is 0.308 e. The molecule has 1 saturated heterocycles. The van der Waals surface area contributed by atoms with Gasteiger partial charge in [-0.05, 0) is 49.7 Å². The van der Waals surface area contributed by atoms with Crippen LogP contribution in [0.2, 0.25) is 0 Å². The number of thiazole rings is 1. The summed E-state index contributed by atoms with van der Waals surface area (Å²) in [6, 6.07) is 18.3. The fourth-order valence-corrected chi connectivity index (χ4v) is 7.88. The van der Waals surface area contributed by atoms with Crippen LogP contribution in [0.5, 0.6) is 0 Å². The van der Waals surface area contributed by atoms with Crippen LogP contribution >= 0.6 is 23.1 Å². The van der Waals surface area contributed by atoms with Crippen molar-refractivity contribution in [1.82, 2.24) is 9.55 Å². The number of rotatable bonds is 5. The van der Waals surface area contributed by atoms with Crippen LogP contribution in [-0.4, -0.2) is 32.5 Å². The number of hydrogen-bond acceptors (Lipinski definition) is 7. The number of nitrogens with one attached hydrogen (secondary N) is 1. The van der Waals surface area contributed by atoms with E-state index in [1.54, 1.807) is 42.7 Å². The number of carbonyl (C=O) groups is 3. The molecule has 0 aliphatic carbocycles. The standard InChI is InChI=1S/C29H24N4O4S2/c1-16-5-9-19(10-6-16)31-21(34)15-32-28-25(39-29(32)37)22(18-4-3-13-30-14-18)23-24(38-28)27(36)33(26(23)35)20-11-7-17(2)8-12-20/h3-14,22-24H,15H2,1-2H3,(H,31,34)/t22-,23+,24-/m0/s1. The van der Waals surface area contributed by atoms with Crippen LogP contribution < -0.4 is 15.1 Å². The SMILES string of the molecule is Cc1ccc(NC(=O)Cn2c3c(sc2=O)[C@@H](c2cccnc2)[C@H]2C(=O)N(c4ccc(C)cc4)C(=O)[C@H]2S3)cc1. The minimum Gasteiger partial charge on any atom is -0.325 e. The molecular formula is C29H24N4O4S2. The molecule has 4 aromatic rings. The first kappa shape index (κ1) is 25.3. The average Bonchev–Trinajstić information content (AvgIpc) is 3.37. The van der Waals surface area contributed by atoms with Gasteiger partial charge in [-0.1, -0.05) is 64.6 Å². The van der Waals surface area contributed by atoms with Crippen molar-refractivity contribution in [3.63, 3.8) is 0 Å². The van der Waals surface area contributed by atoms with Crippen molar-refractivity contribution in [3.8, 4) is 0 Å². The van der Waals surface area contributed by atoms with Gasteiger partial charge in [-0.15, -0.1) is 0 Å². The minimum atomic E-state index is -0.739. The van der Waals surface area contributed by atoms with E-state index in [4.69, 9.17) is 0 Å². The van der Waals surface area contributed by atoms with E-state index in [9.17, 15) is 19.2 Å². The predicted octanol–water partition coefficient (Wildman–Crippen LogP) is 4.36. The van der Waals surface area contributed by atoms with Crippen molar-refractivity contribution in [2.75, 3.05) is 10.2 Å². The van der Waals surface area contributed by atoms with Crippen LogP contribution in [0.15, 0.2) is 82.9 Å². The number of thioether (sulfide) groups is 1. The van der Waals surface area contributed by atoms with Gasteiger partial charge in [-0.2, -0.15) is 0 Å². The second-order valence-electron chi connectivity index (χ2n) is 9.71. The van der Waals surface area contributed by atoms with E-state index in [0.717, 1.165) is 28.0 Å². The number of benzene rings is 2. The van der Waals surface area contributed by atoms with Crippen molar-refractivity contribution in [3.05, 3.63) is 104 Å². The number of anilines is 2. The Morgan fingerprint density at radius 1 is 0.949 bits per heavy atom. The largest absolute Gasteiger partial charge is 0.325 e. The highest BCUT2D eigenvalue weighted by Crippen LogP contribution is 2.53. The monoisotopic (exact) mass is 556 g/mol. The zero-order chi connectivity index (χ0) is 27.3. The van der Waals surface area contributed by atoms with Gasteiger partial charge in [-0.3, -0.25) is 28.7 Å². The molecule has 1 N–H and O–H groups in total. The van der Waals surface area contributed by atoms with Gasteiger partial charge in [0.2, 0.25) is 17.7 Å². The van der Waals surface area contributed by atoms with Gasteiger partial charge < -0.3 is 5.32 Å². The topological polar surface area (TPSA) is 101 Å². The fraction of sp³-hybridized carbons (Fsp3) is 0.207. The molecule has 2 aliphatic heterocycles. The van der Waals surface area contributed by atoms with E-state index in [1.807, 2.05) is 44.2 Å². The van der Waals surface area contributed by atoms with E-state index < -0.39 is 17.1 Å². The summed E-state index contributed by atoms with van der Waals surface area (Å²) < 4.78 is 1.42. The lowest BCUT2D eigenvalue weighted by molar-refractivity contribution is -0.122. The molecule has 0 bridgehead atoms. The van der Waals surface area contributed by atoms with Crippen LogP contribution in [0.3, 0.4) is 0 Å². The molecule has 2 aromatic carbocycles. The molecule has 3 amide bonds. The molecule has 196 valence electrons. The van der Waals surface area contributed by atoms with E-state index >= 15 is 0 Å². The molecular weight excluding hydrogens is 532 g/mol. The van der Waals surface area contributed by atoms with Crippen molar-refractivity contribution >= 4 is 52.2 Å². The summed E-state index contributed by atoms with van der Waals surface area (Å²) >= 11 is 2.22. The Labute approximate surface area is 232 Å². The van der Waals surface area contributed by atoms with Gasteiger partial charge in [0.1, 0.15) is 11.8 Å². The first-order chi connectivity index (χ1) is 18.8. The summed E-state index contributed by atoms with van der Waals surface area (Å²) in [7, 11) is 0. The predicted molar refractivity (Wildman–Crippen MR) is 151 cm³/mol. The van der Waals surface area contributed by atoms with Crippen molar-refractivity contribution < 1.29 is 14.4 Å². The van der Waals surface area contributed by atoms with Crippen LogP contribution in [0.25, 0.3) is 0 Å². The van der Waals surface area contributed by atoms with Crippen molar-refractivity contribution in [2.45, 2.75) is 36.6 Å². The van der Waals surface area contributed by atoms with Crippen LogP contribution in [0.4, 0.5) is 11.4 Å². The molecule has 1 fully saturated rings. The molecule has 4 heterocycles. The van der Waals surface area contributed by atoms with Gasteiger partial charge in [0.25, 0.3) is 0 Å². The summed E-state index contributed by atoms with van der Waals surface area (Å²) in [4.78, 5) is 59.6. The number of fused-ring (bicyclic) bond motifs is 2. The molecule has 10 heteroatoms. The molecule has 0 radical (unpaired) electrons. The summed E-state index contributed by atoms with van der Waals surface area (Å²) in [5, 5.41) is 2.65. The number of carbonyl (C=O) groups excluding carboxylic acids is 3. The van der Waals surface area contributed by atoms with Crippen molar-refractivity contribution in [1.29, 1.82) is 0 Å². The van der Waals surface area contributed by atoms with Gasteiger partial charge >= 0.3 is 4.87 Å². The van der Waals surface area contributed by atoms with E-state index in [1.165, 1.54) is 21.2 Å². The number of nitrogens with zero attached hydrogens (tertiary/aromatic N) is 3. The maximum atomic E-state index is 13.9. The van der Waals surface area contributed by atoms with Gasteiger partial charge in [0, 0.05) is 28.9 Å². The zero-order valence-corrected chi connectivity index (χ0v) is 22.8. The second-order valence-corrected chi connectivity index (χ2v) is 11.8. The van der Waals surface area contributed by atoms with E-state index in [2.05, 4.69) is 10.3 Å². The number of pyridine rings is 1. The molecule has 3 atom stereocenters. The molecule has 0 saturated carbocycles. The van der Waals surface area contributed by atoms with Crippen LogP contribution in [0.1, 0.15) is 27.5 Å². The highest BCUT2D eigenvalue weighted by Gasteiger charge is 2.56. The number of aromatic nitrogens is 2. The fourth-order valence-electron chi connectivity index (χ4n) is 5.10. The molecule has 2 aromatic heterocycles. The lowest BCUT2D eigenvalue weighted by atomic mass is 9.84. The summed E-state index contributed by atoms with van der Waals surface area (Å²) in [6.07, 6.45) is 3.31. The molecule has 6 rings (SSSR count). The Hall–Kier alpha value is -4.02. The summed E-state index contributed by atoms with van der Waals surface area (Å²) in [5.41, 5.74) is 3.99. The first-order valence-corrected chi connectivity index (χ1v) is 14.1. The molecule has 0 unspecified atom stereocenters. The molecule has 2 aliphatic rings. The highest BCUT2D eigenvalue weighted by molar-refractivity contribution is 8.00. The third-order valence-corrected chi connectivity index (χ3v) is 9.63. The first-order valence-electron chi connectivity index (χ1n) is 12.4. The Morgan fingerprint density at radius 3 is 2.31 bits per heavy atom. The Morgan fingerprint density at radius 2 is 1.64 bits per heavy atom. The molecule has 39 heavy (non-hydrogen) atoms. The summed E-state index contributed by atoms with van der Waals surface area (Å²) in [5.74, 6) is -2.21. The number of imide groups is 1. The number of amides is 3. The third kappa shape index (κ3) is 4.49. The van der Waals surface area contributed by atoms with Crippen LogP contribution in [0, 0.1) is 19.8 Å². The minimum absolute atomic E-state index is 0.202. The normalized spacial score (nSPS) is 20.1. The van der Waals surface area contributed by atoms with Crippen molar-refractivity contribution in [2.24, 2.45) is 5.92 Å². The quantitative estimate of drug-likeness (QED) is 0.367. The second kappa shape index (κ2) is 9.94. The lowest BCUT2D eigenvalue weighted by Gasteiger charge is -2.30. The van der Waals surface area contributed by atoms with Gasteiger partial charge in [0.05, 0.1) is 16.6 Å². The number of hydrogen-bond donors (Lipinski definition) is 1. The Kier molecular flexibility index (Phi) is 6.44. The van der Waals surface area contributed by atoms with Crippen LogP contribution in [-0.2, 0) is 20.9 Å². The van der Waals surface area contributed by atoms with E-state index in [0.29, 0.717) is 21.3 Å². The zero-order valence-electron chi connectivity index (χ0n) is 21.2. The van der Waals surface area contributed by atoms with Gasteiger partial charge in [-0.25, -0.2) is 4.90 Å².